The average Bonchev–Trinajstić information content (AvgIpc) is 3.78. The van der Waals surface area contributed by atoms with Gasteiger partial charge in [-0.25, -0.2) is 4.98 Å². The van der Waals surface area contributed by atoms with E-state index in [9.17, 15) is 14.9 Å². The van der Waals surface area contributed by atoms with Crippen LogP contribution in [0.3, 0.4) is 0 Å². The fourth-order valence-corrected chi connectivity index (χ4v) is 6.14. The Kier molecular flexibility index (Phi) is 8.01. The van der Waals surface area contributed by atoms with Crippen molar-refractivity contribution in [2.24, 2.45) is 0 Å². The molecule has 212 valence electrons. The van der Waals surface area contributed by atoms with Crippen molar-refractivity contribution < 1.29 is 9.21 Å². The molecule has 1 N–H and O–H groups in total. The van der Waals surface area contributed by atoms with E-state index in [2.05, 4.69) is 26.4 Å². The molecule has 4 aromatic heterocycles. The highest BCUT2D eigenvalue weighted by Crippen LogP contribution is 2.36. The number of anilines is 1. The number of pyridine rings is 1. The summed E-state index contributed by atoms with van der Waals surface area (Å²) in [6.45, 7) is 2.55. The molecule has 1 aliphatic heterocycles. The highest BCUT2D eigenvalue weighted by Gasteiger charge is 2.27. The first-order chi connectivity index (χ1) is 20.5. The van der Waals surface area contributed by atoms with E-state index in [0.717, 1.165) is 47.4 Å². The van der Waals surface area contributed by atoms with E-state index in [1.54, 1.807) is 22.9 Å². The van der Waals surface area contributed by atoms with Crippen LogP contribution in [0, 0.1) is 11.3 Å². The molecule has 0 atom stereocenters. The van der Waals surface area contributed by atoms with Gasteiger partial charge >= 0.3 is 5.91 Å². The molecule has 0 bridgehead atoms. The fourth-order valence-electron chi connectivity index (χ4n) is 5.11. The summed E-state index contributed by atoms with van der Waals surface area (Å²) in [6, 6.07) is 17.0. The zero-order valence-electron chi connectivity index (χ0n) is 22.5. The van der Waals surface area contributed by atoms with Crippen molar-refractivity contribution in [1.82, 2.24) is 24.2 Å². The van der Waals surface area contributed by atoms with Gasteiger partial charge in [-0.05, 0) is 49.2 Å². The first kappa shape index (κ1) is 27.7. The van der Waals surface area contributed by atoms with Gasteiger partial charge in [0.15, 0.2) is 17.9 Å². The summed E-state index contributed by atoms with van der Waals surface area (Å²) in [5.41, 5.74) is 2.27. The van der Waals surface area contributed by atoms with Crippen LogP contribution < -0.4 is 10.9 Å². The number of rotatable bonds is 8. The molecule has 42 heavy (non-hydrogen) atoms. The predicted molar refractivity (Wildman–Crippen MR) is 160 cm³/mol. The smallest absolute Gasteiger partial charge is 0.302 e. The molecule has 12 heteroatoms. The second-order valence-corrected chi connectivity index (χ2v) is 11.7. The maximum Gasteiger partial charge on any atom is 0.302 e. The number of likely N-dealkylation sites (tertiary alicyclic amines) is 1. The Hall–Kier alpha value is -4.50. The Morgan fingerprint density at radius 1 is 1.12 bits per heavy atom. The number of aromatic nitrogens is 4. The lowest BCUT2D eigenvalue weighted by Gasteiger charge is -2.27. The quantitative estimate of drug-likeness (QED) is 0.241. The number of oxazole rings is 1. The highest BCUT2D eigenvalue weighted by molar-refractivity contribution is 7.16. The summed E-state index contributed by atoms with van der Waals surface area (Å²) >= 11 is 7.51. The van der Waals surface area contributed by atoms with Crippen LogP contribution in [0.25, 0.3) is 22.4 Å². The number of carbonyl (C=O) groups is 1. The number of piperidine rings is 1. The van der Waals surface area contributed by atoms with Gasteiger partial charge in [-0.15, -0.1) is 11.3 Å². The number of nitriles is 1. The number of thiophene rings is 1. The maximum absolute atomic E-state index is 13.5. The van der Waals surface area contributed by atoms with Crippen molar-refractivity contribution in [2.75, 3.05) is 18.4 Å². The number of carbonyl (C=O) groups excluding carboxylic acids is 1. The van der Waals surface area contributed by atoms with Crippen LogP contribution in [0.5, 0.6) is 0 Å². The van der Waals surface area contributed by atoms with Gasteiger partial charge in [-0.1, -0.05) is 48.4 Å². The number of hydrogen-bond acceptors (Lipinski definition) is 9. The van der Waals surface area contributed by atoms with Gasteiger partial charge in [0.1, 0.15) is 23.6 Å². The molecule has 1 fully saturated rings. The number of nitrogens with zero attached hydrogens (tertiary/aromatic N) is 6. The second-order valence-electron chi connectivity index (χ2n) is 9.93. The molecule has 5 aromatic rings. The minimum absolute atomic E-state index is 0.0362. The van der Waals surface area contributed by atoms with E-state index in [-0.39, 0.29) is 28.3 Å². The minimum Gasteiger partial charge on any atom is -0.451 e. The summed E-state index contributed by atoms with van der Waals surface area (Å²) in [5, 5.41) is 18.3. The predicted octanol–water partition coefficient (Wildman–Crippen LogP) is 5.70. The van der Waals surface area contributed by atoms with E-state index in [1.165, 1.54) is 24.0 Å². The van der Waals surface area contributed by atoms with Crippen molar-refractivity contribution in [1.29, 1.82) is 5.26 Å². The van der Waals surface area contributed by atoms with Crippen LogP contribution in [0.2, 0.25) is 4.34 Å². The Morgan fingerprint density at radius 2 is 1.93 bits per heavy atom. The van der Waals surface area contributed by atoms with Crippen LogP contribution in [0.4, 0.5) is 5.82 Å². The standard InChI is InChI=1S/C30H26ClN7O3S/c31-26-10-9-21(42-26)15-33-29-23(14-32)28(35-38(29)30(40)25-17-41-18-34-25)24-16-37(19-36-11-5-2-6-12-36)27(39)13-22(24)20-7-3-1-4-8-20/h1,3-4,7-10,13,16-18,33H,2,5-6,11-12,15,19H2. The SMILES string of the molecule is N#Cc1c(-c2cn(CN3CCCCC3)c(=O)cc2-c2ccccc2)nn(C(=O)c2cocn2)c1NCc1ccc(Cl)s1. The zero-order chi connectivity index (χ0) is 29.1. The number of halogens is 1. The maximum atomic E-state index is 13.5. The fraction of sp³-hybridized carbons (Fsp3) is 0.233. The minimum atomic E-state index is -0.568. The molecular formula is C30H26ClN7O3S. The highest BCUT2D eigenvalue weighted by atomic mass is 35.5. The van der Waals surface area contributed by atoms with E-state index >= 15 is 0 Å². The van der Waals surface area contributed by atoms with Crippen LogP contribution in [0.1, 0.15) is 40.2 Å². The molecule has 5 heterocycles. The Labute approximate surface area is 250 Å². The average molecular weight is 600 g/mol. The lowest BCUT2D eigenvalue weighted by Crippen LogP contribution is -2.35. The van der Waals surface area contributed by atoms with Crippen LogP contribution >= 0.6 is 22.9 Å². The molecule has 0 spiro atoms. The summed E-state index contributed by atoms with van der Waals surface area (Å²) in [6.07, 6.45) is 7.48. The lowest BCUT2D eigenvalue weighted by molar-refractivity contribution is 0.0943. The molecule has 0 radical (unpaired) electrons. The monoisotopic (exact) mass is 599 g/mol. The summed E-state index contributed by atoms with van der Waals surface area (Å²) < 4.78 is 8.45. The van der Waals surface area contributed by atoms with Crippen molar-refractivity contribution in [3.8, 4) is 28.5 Å². The van der Waals surface area contributed by atoms with Crippen LogP contribution in [0.15, 0.2) is 76.6 Å². The topological polar surface area (TPSA) is 122 Å². The molecule has 10 nitrogen and oxygen atoms in total. The van der Waals surface area contributed by atoms with E-state index in [0.29, 0.717) is 28.7 Å². The molecule has 1 saturated heterocycles. The van der Waals surface area contributed by atoms with Crippen molar-refractivity contribution in [2.45, 2.75) is 32.5 Å². The van der Waals surface area contributed by atoms with Gasteiger partial charge in [-0.2, -0.15) is 15.0 Å². The Morgan fingerprint density at radius 3 is 2.62 bits per heavy atom. The van der Waals surface area contributed by atoms with E-state index in [1.807, 2.05) is 36.4 Å². The van der Waals surface area contributed by atoms with Crippen LogP contribution in [-0.2, 0) is 13.2 Å². The van der Waals surface area contributed by atoms with Gasteiger partial charge < -0.3 is 14.3 Å². The molecule has 0 saturated carbocycles. The Bertz CT molecular complexity index is 1810. The summed E-state index contributed by atoms with van der Waals surface area (Å²) in [4.78, 5) is 34.1. The van der Waals surface area contributed by atoms with Gasteiger partial charge in [-0.3, -0.25) is 14.5 Å². The second kappa shape index (κ2) is 12.2. The molecule has 1 aromatic carbocycles. The normalized spacial score (nSPS) is 13.6. The number of nitrogens with one attached hydrogen (secondary N) is 1. The molecule has 0 unspecified atom stereocenters. The summed E-state index contributed by atoms with van der Waals surface area (Å²) in [7, 11) is 0. The van der Waals surface area contributed by atoms with Gasteiger partial charge in [0.2, 0.25) is 0 Å². The first-order valence-electron chi connectivity index (χ1n) is 13.5. The molecular weight excluding hydrogens is 574 g/mol. The van der Waals surface area contributed by atoms with Crippen LogP contribution in [-0.4, -0.2) is 43.2 Å². The molecule has 0 aliphatic carbocycles. The van der Waals surface area contributed by atoms with Gasteiger partial charge in [0.05, 0.1) is 17.5 Å². The third kappa shape index (κ3) is 5.65. The third-order valence-corrected chi connectivity index (χ3v) is 8.40. The first-order valence-corrected chi connectivity index (χ1v) is 14.7. The van der Waals surface area contributed by atoms with E-state index < -0.39 is 5.91 Å². The van der Waals surface area contributed by atoms with Gasteiger partial charge in [0.25, 0.3) is 5.56 Å². The molecule has 1 aliphatic rings. The third-order valence-electron chi connectivity index (χ3n) is 7.17. The molecule has 0 amide bonds. The largest absolute Gasteiger partial charge is 0.451 e. The summed E-state index contributed by atoms with van der Waals surface area (Å²) in [5.74, 6) is -0.362. The van der Waals surface area contributed by atoms with Gasteiger partial charge in [0, 0.05) is 22.7 Å². The molecule has 6 rings (SSSR count). The van der Waals surface area contributed by atoms with E-state index in [4.69, 9.17) is 16.0 Å². The Balaban J connectivity index is 1.52. The van der Waals surface area contributed by atoms with Crippen molar-refractivity contribution in [3.63, 3.8) is 0 Å². The van der Waals surface area contributed by atoms with Crippen molar-refractivity contribution >= 4 is 34.7 Å². The lowest BCUT2D eigenvalue weighted by atomic mass is 9.98. The van der Waals surface area contributed by atoms with Crippen molar-refractivity contribution in [3.05, 3.63) is 98.2 Å². The number of benzene rings is 1. The zero-order valence-corrected chi connectivity index (χ0v) is 24.1. The number of hydrogen-bond donors (Lipinski definition) is 1.